The molecule has 0 saturated heterocycles. The van der Waals surface area contributed by atoms with Gasteiger partial charge in [-0.25, -0.2) is 0 Å². The number of para-hydroxylation sites is 1. The maximum atomic E-state index is 12.0. The number of hydrogen-bond acceptors (Lipinski definition) is 7. The highest BCUT2D eigenvalue weighted by molar-refractivity contribution is 7.71. The fourth-order valence-corrected chi connectivity index (χ4v) is 2.54. The largest absolute Gasteiger partial charge is 0.449 e. The Hall–Kier alpha value is -3.37. The second-order valence-corrected chi connectivity index (χ2v) is 6.29. The zero-order valence-corrected chi connectivity index (χ0v) is 15.9. The van der Waals surface area contributed by atoms with Crippen LogP contribution >= 0.6 is 23.8 Å². The molecule has 0 amide bonds. The fourth-order valence-electron chi connectivity index (χ4n) is 2.19. The molecule has 0 spiro atoms. The lowest BCUT2D eigenvalue weighted by Crippen LogP contribution is -2.22. The van der Waals surface area contributed by atoms with Gasteiger partial charge in [-0.05, 0) is 43.4 Å². The van der Waals surface area contributed by atoms with Crippen molar-refractivity contribution in [2.24, 2.45) is 5.10 Å². The minimum Gasteiger partial charge on any atom is -0.449 e. The van der Waals surface area contributed by atoms with Crippen LogP contribution in [0.25, 0.3) is 0 Å². The summed E-state index contributed by atoms with van der Waals surface area (Å²) in [7, 11) is 0. The van der Waals surface area contributed by atoms with Crippen molar-refractivity contribution in [3.05, 3.63) is 84.0 Å². The first-order valence-corrected chi connectivity index (χ1v) is 8.59. The summed E-state index contributed by atoms with van der Waals surface area (Å²) in [5.74, 6) is 0.309. The van der Waals surface area contributed by atoms with Crippen molar-refractivity contribution in [1.29, 1.82) is 0 Å². The van der Waals surface area contributed by atoms with Gasteiger partial charge in [-0.1, -0.05) is 23.7 Å². The van der Waals surface area contributed by atoms with E-state index < -0.39 is 10.5 Å². The van der Waals surface area contributed by atoms with Crippen molar-refractivity contribution in [2.45, 2.75) is 6.92 Å². The SMILES string of the molecule is Cc1n[nH]c(=S)n(/N=C/c2ccc(Oc3ccccc3Cl)c([N+](=O)[O-])c2)c1=O. The number of benzene rings is 2. The lowest BCUT2D eigenvalue weighted by molar-refractivity contribution is -0.385. The lowest BCUT2D eigenvalue weighted by atomic mass is 10.2. The van der Waals surface area contributed by atoms with Crippen LogP contribution in [-0.2, 0) is 0 Å². The topological polar surface area (TPSA) is 115 Å². The van der Waals surface area contributed by atoms with Crippen molar-refractivity contribution < 1.29 is 9.66 Å². The maximum Gasteiger partial charge on any atom is 0.312 e. The van der Waals surface area contributed by atoms with Crippen molar-refractivity contribution in [3.8, 4) is 11.5 Å². The van der Waals surface area contributed by atoms with Crippen LogP contribution in [0.3, 0.4) is 0 Å². The van der Waals surface area contributed by atoms with Crippen molar-refractivity contribution in [3.63, 3.8) is 0 Å². The van der Waals surface area contributed by atoms with Crippen LogP contribution in [0.15, 0.2) is 52.4 Å². The Morgan fingerprint density at radius 1 is 1.32 bits per heavy atom. The first-order valence-electron chi connectivity index (χ1n) is 7.80. The summed E-state index contributed by atoms with van der Waals surface area (Å²) in [4.78, 5) is 22.9. The normalized spacial score (nSPS) is 10.9. The molecule has 2 aromatic carbocycles. The summed E-state index contributed by atoms with van der Waals surface area (Å²) in [6, 6.07) is 10.9. The maximum absolute atomic E-state index is 12.0. The number of aryl methyl sites for hydroxylation is 1. The zero-order chi connectivity index (χ0) is 20.3. The molecule has 9 nitrogen and oxygen atoms in total. The van der Waals surface area contributed by atoms with Gasteiger partial charge >= 0.3 is 5.69 Å². The molecular weight excluding hydrogens is 406 g/mol. The molecule has 28 heavy (non-hydrogen) atoms. The molecule has 11 heteroatoms. The van der Waals surface area contributed by atoms with Crippen LogP contribution in [0.4, 0.5) is 5.69 Å². The van der Waals surface area contributed by atoms with Crippen LogP contribution in [0.1, 0.15) is 11.3 Å². The van der Waals surface area contributed by atoms with Gasteiger partial charge in [-0.3, -0.25) is 20.0 Å². The van der Waals surface area contributed by atoms with Gasteiger partial charge in [0.05, 0.1) is 16.2 Å². The Bertz CT molecular complexity index is 1200. The quantitative estimate of drug-likeness (QED) is 0.292. The van der Waals surface area contributed by atoms with Gasteiger partial charge < -0.3 is 4.74 Å². The predicted octanol–water partition coefficient (Wildman–Crippen LogP) is 3.85. The van der Waals surface area contributed by atoms with Gasteiger partial charge in [0.25, 0.3) is 5.56 Å². The molecule has 3 aromatic rings. The number of aromatic nitrogens is 3. The number of nitro groups is 1. The van der Waals surface area contributed by atoms with Crippen molar-refractivity contribution in [2.75, 3.05) is 0 Å². The van der Waals surface area contributed by atoms with E-state index in [1.165, 1.54) is 25.3 Å². The molecule has 1 N–H and O–H groups in total. The molecule has 0 saturated carbocycles. The summed E-state index contributed by atoms with van der Waals surface area (Å²) in [5.41, 5.74) is -0.227. The minimum atomic E-state index is -0.585. The van der Waals surface area contributed by atoms with E-state index in [4.69, 9.17) is 28.6 Å². The van der Waals surface area contributed by atoms with Crippen LogP contribution in [0.5, 0.6) is 11.5 Å². The highest BCUT2D eigenvalue weighted by Gasteiger charge is 2.17. The lowest BCUT2D eigenvalue weighted by Gasteiger charge is -2.08. The summed E-state index contributed by atoms with van der Waals surface area (Å²) < 4.78 is 6.51. The smallest absolute Gasteiger partial charge is 0.312 e. The Morgan fingerprint density at radius 3 is 2.79 bits per heavy atom. The average molecular weight is 418 g/mol. The van der Waals surface area contributed by atoms with Gasteiger partial charge in [0.15, 0.2) is 0 Å². The van der Waals surface area contributed by atoms with Crippen molar-refractivity contribution >= 4 is 35.7 Å². The molecule has 0 bridgehead atoms. The standard InChI is InChI=1S/C17H12ClN5O4S/c1-10-16(24)22(17(28)21-20-10)19-9-11-6-7-15(13(8-11)23(25)26)27-14-5-3-2-4-12(14)18/h2-9H,1H3,(H,21,28)/b19-9+. The van der Waals surface area contributed by atoms with E-state index in [1.807, 2.05) is 0 Å². The Kier molecular flexibility index (Phi) is 5.62. The molecule has 3 rings (SSSR count). The van der Waals surface area contributed by atoms with E-state index in [0.717, 1.165) is 4.68 Å². The van der Waals surface area contributed by atoms with E-state index in [2.05, 4.69) is 15.3 Å². The first-order chi connectivity index (χ1) is 13.4. The molecule has 0 radical (unpaired) electrons. The number of aromatic amines is 1. The third-order valence-electron chi connectivity index (χ3n) is 3.57. The highest BCUT2D eigenvalue weighted by atomic mass is 35.5. The molecule has 0 atom stereocenters. The van der Waals surface area contributed by atoms with Crippen LogP contribution < -0.4 is 10.3 Å². The molecular formula is C17H12ClN5O4S. The third-order valence-corrected chi connectivity index (χ3v) is 4.15. The number of ether oxygens (including phenoxy) is 1. The van der Waals surface area contributed by atoms with Gasteiger partial charge in [0.2, 0.25) is 10.5 Å². The first kappa shape index (κ1) is 19.4. The molecule has 142 valence electrons. The number of hydrogen-bond donors (Lipinski definition) is 1. The minimum absolute atomic E-state index is 0.0000210. The van der Waals surface area contributed by atoms with Crippen LogP contribution in [-0.4, -0.2) is 26.0 Å². The summed E-state index contributed by atoms with van der Waals surface area (Å²) in [6.07, 6.45) is 1.27. The monoisotopic (exact) mass is 417 g/mol. The van der Waals surface area contributed by atoms with Gasteiger partial charge in [0.1, 0.15) is 11.4 Å². The van der Waals surface area contributed by atoms with Gasteiger partial charge in [0, 0.05) is 11.6 Å². The molecule has 1 heterocycles. The second kappa shape index (κ2) is 8.11. The molecule has 0 aliphatic rings. The van der Waals surface area contributed by atoms with Crippen LogP contribution in [0.2, 0.25) is 5.02 Å². The number of nitro benzene ring substituents is 1. The number of rotatable bonds is 5. The number of nitrogens with one attached hydrogen (secondary N) is 1. The van der Waals surface area contributed by atoms with Crippen LogP contribution in [0, 0.1) is 21.8 Å². The van der Waals surface area contributed by atoms with E-state index in [0.29, 0.717) is 16.3 Å². The van der Waals surface area contributed by atoms with E-state index >= 15 is 0 Å². The van der Waals surface area contributed by atoms with E-state index in [-0.39, 0.29) is 21.9 Å². The highest BCUT2D eigenvalue weighted by Crippen LogP contribution is 2.35. The fraction of sp³-hybridized carbons (Fsp3) is 0.0588. The van der Waals surface area contributed by atoms with Gasteiger partial charge in [-0.15, -0.1) is 0 Å². The van der Waals surface area contributed by atoms with E-state index in [1.54, 1.807) is 30.3 Å². The molecule has 0 aliphatic carbocycles. The summed E-state index contributed by atoms with van der Waals surface area (Å²) in [5, 5.41) is 22.0. The Morgan fingerprint density at radius 2 is 2.07 bits per heavy atom. The molecule has 1 aromatic heterocycles. The van der Waals surface area contributed by atoms with Crippen molar-refractivity contribution in [1.82, 2.24) is 14.9 Å². The Labute approximate surface area is 168 Å². The van der Waals surface area contributed by atoms with Gasteiger partial charge in [-0.2, -0.15) is 14.9 Å². The second-order valence-electron chi connectivity index (χ2n) is 5.49. The predicted molar refractivity (Wildman–Crippen MR) is 106 cm³/mol. The number of halogens is 1. The number of nitrogens with zero attached hydrogens (tertiary/aromatic N) is 4. The molecule has 0 fully saturated rings. The third kappa shape index (κ3) is 4.13. The summed E-state index contributed by atoms with van der Waals surface area (Å²) in [6.45, 7) is 1.51. The van der Waals surface area contributed by atoms with E-state index in [9.17, 15) is 14.9 Å². The molecule has 0 unspecified atom stereocenters. The number of H-pyrrole nitrogens is 1. The Balaban J connectivity index is 1.97. The summed E-state index contributed by atoms with van der Waals surface area (Å²) >= 11 is 11.0. The molecule has 0 aliphatic heterocycles. The average Bonchev–Trinajstić information content (AvgIpc) is 2.67. The zero-order valence-electron chi connectivity index (χ0n) is 14.3.